The van der Waals surface area contributed by atoms with Gasteiger partial charge in [0.15, 0.2) is 30.9 Å². The van der Waals surface area contributed by atoms with Crippen LogP contribution in [0.15, 0.2) is 35.6 Å². The Labute approximate surface area is 628 Å². The highest BCUT2D eigenvalue weighted by atomic mass is 19.2. The Hall–Kier alpha value is -5.11. The van der Waals surface area contributed by atoms with Gasteiger partial charge in [0.25, 0.3) is 0 Å². The van der Waals surface area contributed by atoms with Crippen LogP contribution in [0.3, 0.4) is 0 Å². The fourth-order valence-electron chi connectivity index (χ4n) is 14.7. The van der Waals surface area contributed by atoms with E-state index in [9.17, 15) is 106 Å². The number of carbonyl (C=O) groups is 4. The standard InChI is InChI=1S/C69H110BF2N5O31.H3N/c1-6-7-8-9-10-11-12-13-14-15-16-17-18-19-41(85)39(75-48(88)21-20-37-23-38-24-40-33(2)22-34(3)77(40)70(71,72)76(38)26-37)32-99-65-57(95)55(93)59(46(30-81)102-65)104-67-58(96)63(108-69(68(97)98)25-42(86)49(73-35(4)83)62(107-69)51(89)43(87)27-78)60(47(31-82)103-67)105-64-50(74-36(5)84)61(53(91)45(29-80)100-64)106-66-56(94)54(92)52(90)44(28-79)101-66;/h18-19,22-24,26,39,41-47,49-67,78-82,85-87,89-96H,6-17,20-21,25,27-32H2,1-5H3,(H,73,83)(H,74,84)(H,75,88)(H,97,98);1H3/b19-18+;/t39-,41+,42-,43+,44+,45+,46+,47+,49+,50+,51+,52-,53-,54-,55+,56+,57+,58+,59+,60-,61+,62+,63+,64-,65+,66-,67-,69-;/m0./s1. The molecule has 5 saturated heterocycles. The molecule has 37 nitrogen and oxygen atoms in total. The van der Waals surface area contributed by atoms with E-state index < -0.39 is 248 Å². The Morgan fingerprint density at radius 1 is 0.679 bits per heavy atom. The molecule has 8 heterocycles. The van der Waals surface area contributed by atoms with Crippen LogP contribution in [0.2, 0.25) is 0 Å². The van der Waals surface area contributed by atoms with Crippen LogP contribution in [0, 0.1) is 13.8 Å². The molecule has 0 unspecified atom stereocenters. The highest BCUT2D eigenvalue weighted by molar-refractivity contribution is 6.57. The lowest BCUT2D eigenvalue weighted by Crippen LogP contribution is -2.73. The molecule has 8 rings (SSSR count). The van der Waals surface area contributed by atoms with E-state index in [2.05, 4.69) is 22.9 Å². The molecule has 7 aliphatic heterocycles. The number of allylic oxidation sites excluding steroid dienone is 3. The van der Waals surface area contributed by atoms with E-state index in [1.54, 1.807) is 38.1 Å². The molecule has 0 aromatic carbocycles. The number of aryl methyl sites for hydroxylation is 2. The molecule has 0 saturated carbocycles. The number of hydrogen-bond acceptors (Lipinski definition) is 31. The third-order valence-corrected chi connectivity index (χ3v) is 20.5. The zero-order valence-electron chi connectivity index (χ0n) is 61.9. The molecule has 0 aliphatic carbocycles. The molecule has 23 N–H and O–H groups in total. The molecule has 40 heteroatoms. The number of aromatic nitrogens is 1. The first-order chi connectivity index (χ1) is 51.3. The number of quaternary nitrogens is 1. The molecule has 5 fully saturated rings. The molecule has 28 atom stereocenters. The van der Waals surface area contributed by atoms with Crippen molar-refractivity contribution >= 4 is 43.0 Å². The third-order valence-electron chi connectivity index (χ3n) is 20.5. The number of unbranched alkanes of at least 4 members (excludes halogenated alkanes) is 11. The average molecular weight is 1570 g/mol. The molecular formula is C69H113BF2N6O31. The summed E-state index contributed by atoms with van der Waals surface area (Å²) in [6, 6.07) is -3.44. The lowest BCUT2D eigenvalue weighted by Gasteiger charge is -2.54. The SMILES string of the molecule is CCCCCCCCCCCCC/C=C/[C@@H](O)[C@H](CO[C@@H]1O[C@H](CO)[C@@H](O[C@@H]2O[C@H](CO)[C@H](O[C@@H]3O[C@H](CO)[C@H](O)[C@H](O[C@@H]4O[C@H](CO)[C@H](O)[C@H](O)[C@H]4O)[C@H]3NC(C)=O)[C@H](O[C@]3(C(=O)[O-])C[C@H](O)[C@@H](NC(C)=O)[C@H]([C@H](O)[C@H](O)CO)O3)[C@H]2O)[C@H](O)[C@H]1O)NC(=O)CCC1=CC2=Cc3c(C)cc(C)n3[B-](F)(F)[N+]2=C1.[NH4+]. The Bertz CT molecular complexity index is 3230. The maximum atomic E-state index is 16.0. The van der Waals surface area contributed by atoms with Crippen LogP contribution in [0.4, 0.5) is 8.63 Å². The number of halogens is 2. The van der Waals surface area contributed by atoms with Gasteiger partial charge in [0.05, 0.1) is 63.9 Å². The summed E-state index contributed by atoms with van der Waals surface area (Å²) in [6.07, 6.45) is -32.3. The number of rotatable bonds is 39. The monoisotopic (exact) mass is 1570 g/mol. The zero-order valence-corrected chi connectivity index (χ0v) is 61.9. The lowest BCUT2D eigenvalue weighted by atomic mass is 9.88. The van der Waals surface area contributed by atoms with Crippen LogP contribution in [0.5, 0.6) is 0 Å². The number of hydrogen-bond donors (Lipinski definition) is 20. The van der Waals surface area contributed by atoms with Crippen LogP contribution >= 0.6 is 0 Å². The normalized spacial score (nSPS) is 35.6. The van der Waals surface area contributed by atoms with Gasteiger partial charge in [-0.1, -0.05) is 83.3 Å². The molecule has 0 spiro atoms. The molecule has 1 aromatic heterocycles. The third kappa shape index (κ3) is 21.9. The van der Waals surface area contributed by atoms with Crippen molar-refractivity contribution in [1.82, 2.24) is 26.6 Å². The summed E-state index contributed by atoms with van der Waals surface area (Å²) in [5.74, 6) is -8.49. The van der Waals surface area contributed by atoms with Crippen molar-refractivity contribution < 1.29 is 166 Å². The molecule has 1 aromatic rings. The minimum atomic E-state index is -4.29. The van der Waals surface area contributed by atoms with E-state index in [4.69, 9.17) is 47.4 Å². The Morgan fingerprint density at radius 2 is 1.22 bits per heavy atom. The fourth-order valence-corrected chi connectivity index (χ4v) is 14.7. The number of ether oxygens (including phenoxy) is 10. The highest BCUT2D eigenvalue weighted by Crippen LogP contribution is 2.42. The van der Waals surface area contributed by atoms with Gasteiger partial charge >= 0.3 is 6.97 Å². The number of nitrogens with zero attached hydrogens (tertiary/aromatic N) is 2. The van der Waals surface area contributed by atoms with Gasteiger partial charge in [-0.05, 0) is 50.4 Å². The Morgan fingerprint density at radius 3 is 1.83 bits per heavy atom. The van der Waals surface area contributed by atoms with Crippen molar-refractivity contribution in [2.75, 3.05) is 39.6 Å². The number of carbonyl (C=O) groups excluding carboxylic acids is 4. The number of aliphatic carboxylic acids is 1. The number of aliphatic hydroxyl groups is 16. The van der Waals surface area contributed by atoms with Crippen LogP contribution in [-0.2, 0) is 66.5 Å². The van der Waals surface area contributed by atoms with Crippen molar-refractivity contribution in [2.45, 2.75) is 302 Å². The summed E-state index contributed by atoms with van der Waals surface area (Å²) in [5, 5.41) is 199. The summed E-state index contributed by atoms with van der Waals surface area (Å²) >= 11 is 0. The summed E-state index contributed by atoms with van der Waals surface area (Å²) in [7, 11) is 0. The molecular weight excluding hydrogens is 1460 g/mol. The Balaban J connectivity index is 0.0000165. The quantitative estimate of drug-likeness (QED) is 0.0166. The summed E-state index contributed by atoms with van der Waals surface area (Å²) in [6.45, 7) is -3.35. The molecule has 0 radical (unpaired) electrons. The van der Waals surface area contributed by atoms with Gasteiger partial charge in [0.1, 0.15) is 128 Å². The van der Waals surface area contributed by atoms with Gasteiger partial charge in [0, 0.05) is 50.1 Å². The molecule has 109 heavy (non-hydrogen) atoms. The van der Waals surface area contributed by atoms with Crippen LogP contribution in [0.25, 0.3) is 6.08 Å². The van der Waals surface area contributed by atoms with Crippen LogP contribution in [-0.4, -0.2) is 338 Å². The predicted molar refractivity (Wildman–Crippen MR) is 371 cm³/mol. The number of carboxylic acid groups (broad SMARTS) is 1. The molecule has 3 amide bonds. The fraction of sp³-hybridized carbons (Fsp3) is 0.783. The van der Waals surface area contributed by atoms with Gasteiger partial charge in [-0.25, -0.2) is 0 Å². The number of amides is 3. The van der Waals surface area contributed by atoms with Gasteiger partial charge in [-0.3, -0.25) is 14.4 Å². The predicted octanol–water partition coefficient (Wildman–Crippen LogP) is -5.76. The van der Waals surface area contributed by atoms with Gasteiger partial charge in [0.2, 0.25) is 23.5 Å². The van der Waals surface area contributed by atoms with Crippen molar-refractivity contribution in [3.63, 3.8) is 0 Å². The van der Waals surface area contributed by atoms with Crippen LogP contribution in [0.1, 0.15) is 134 Å². The summed E-state index contributed by atoms with van der Waals surface area (Å²) in [5.41, 5.74) is 2.00. The average Bonchev–Trinajstić information content (AvgIpc) is 1.57. The van der Waals surface area contributed by atoms with E-state index in [1.807, 2.05) is 0 Å². The van der Waals surface area contributed by atoms with Crippen molar-refractivity contribution in [2.24, 2.45) is 0 Å². The highest BCUT2D eigenvalue weighted by Gasteiger charge is 2.61. The van der Waals surface area contributed by atoms with E-state index in [1.165, 1.54) is 44.4 Å². The summed E-state index contributed by atoms with van der Waals surface area (Å²) < 4.78 is 93.5. The second-order valence-electron chi connectivity index (χ2n) is 28.7. The molecule has 0 bridgehead atoms. The number of carboxylic acids is 1. The second kappa shape index (κ2) is 41.3. The molecule has 622 valence electrons. The minimum Gasteiger partial charge on any atom is -0.544 e. The second-order valence-corrected chi connectivity index (χ2v) is 28.7. The van der Waals surface area contributed by atoms with E-state index >= 15 is 8.63 Å². The van der Waals surface area contributed by atoms with Crippen LogP contribution < -0.4 is 27.2 Å². The van der Waals surface area contributed by atoms with Gasteiger partial charge in [-0.15, -0.1) is 0 Å². The maximum Gasteiger partial charge on any atom is 0.737 e. The van der Waals surface area contributed by atoms with Crippen molar-refractivity contribution in [1.29, 1.82) is 0 Å². The first-order valence-electron chi connectivity index (χ1n) is 36.9. The van der Waals surface area contributed by atoms with E-state index in [0.29, 0.717) is 28.9 Å². The maximum absolute atomic E-state index is 16.0. The van der Waals surface area contributed by atoms with Crippen molar-refractivity contribution in [3.8, 4) is 0 Å². The first-order valence-corrected chi connectivity index (χ1v) is 36.9. The van der Waals surface area contributed by atoms with Gasteiger partial charge < -0.3 is 179 Å². The van der Waals surface area contributed by atoms with E-state index in [0.717, 1.165) is 61.3 Å². The topological polar surface area (TPSA) is 588 Å². The minimum absolute atomic E-state index is 0. The number of aliphatic hydroxyl groups excluding tert-OH is 16. The number of fused-ring (bicyclic) bond motifs is 2. The smallest absolute Gasteiger partial charge is 0.544 e. The Kier molecular flexibility index (Phi) is 34.5. The lowest BCUT2D eigenvalue weighted by molar-refractivity contribution is -0.421. The van der Waals surface area contributed by atoms with Crippen molar-refractivity contribution in [3.05, 3.63) is 52.5 Å². The zero-order chi connectivity index (χ0) is 79.2. The molecule has 7 aliphatic rings. The number of nitrogens with one attached hydrogen (secondary N) is 3. The first kappa shape index (κ1) is 91.1. The largest absolute Gasteiger partial charge is 0.737 e. The summed E-state index contributed by atoms with van der Waals surface area (Å²) in [4.78, 5) is 53.1. The van der Waals surface area contributed by atoms with E-state index in [-0.39, 0.29) is 24.7 Å². The van der Waals surface area contributed by atoms with Gasteiger partial charge in [-0.2, -0.15) is 0 Å².